The molecule has 3 aromatic rings. The molecule has 156 valence electrons. The lowest BCUT2D eigenvalue weighted by molar-refractivity contribution is 0.00169. The molecular weight excluding hydrogens is 370 g/mol. The molecule has 1 atom stereocenters. The van der Waals surface area contributed by atoms with Gasteiger partial charge in [-0.2, -0.15) is 0 Å². The van der Waals surface area contributed by atoms with Crippen molar-refractivity contribution in [1.82, 2.24) is 0 Å². The molecule has 3 nitrogen and oxygen atoms in total. The highest BCUT2D eigenvalue weighted by Crippen LogP contribution is 2.45. The highest BCUT2D eigenvalue weighted by Gasteiger charge is 2.49. The van der Waals surface area contributed by atoms with Crippen LogP contribution in [0.15, 0.2) is 77.8 Å². The number of nitrogens with zero attached hydrogens (tertiary/aromatic N) is 1. The SMILES string of the molecule is CCCC(C)(N=Cc1ccccc1O)C(O)(c1cccc(C)c1)c1cccc(C)c1. The number of hydrogen-bond donors (Lipinski definition) is 2. The van der Waals surface area contributed by atoms with Gasteiger partial charge in [0.1, 0.15) is 11.4 Å². The molecule has 3 rings (SSSR count). The number of aliphatic hydroxyl groups is 1. The summed E-state index contributed by atoms with van der Waals surface area (Å²) in [4.78, 5) is 4.93. The van der Waals surface area contributed by atoms with E-state index in [0.29, 0.717) is 12.0 Å². The van der Waals surface area contributed by atoms with Gasteiger partial charge in [-0.1, -0.05) is 85.1 Å². The Kier molecular flexibility index (Phi) is 6.42. The molecular formula is C27H31NO2. The minimum Gasteiger partial charge on any atom is -0.507 e. The van der Waals surface area contributed by atoms with E-state index in [4.69, 9.17) is 4.99 Å². The van der Waals surface area contributed by atoms with Crippen LogP contribution in [0.5, 0.6) is 5.75 Å². The Morgan fingerprint density at radius 2 is 1.43 bits per heavy atom. The Morgan fingerprint density at radius 1 is 0.867 bits per heavy atom. The van der Waals surface area contributed by atoms with E-state index in [1.54, 1.807) is 18.3 Å². The Bertz CT molecular complexity index is 995. The first kappa shape index (κ1) is 21.8. The van der Waals surface area contributed by atoms with Gasteiger partial charge in [-0.3, -0.25) is 4.99 Å². The topological polar surface area (TPSA) is 52.8 Å². The van der Waals surface area contributed by atoms with Crippen molar-refractivity contribution < 1.29 is 10.2 Å². The summed E-state index contributed by atoms with van der Waals surface area (Å²) in [5, 5.41) is 22.6. The van der Waals surface area contributed by atoms with Gasteiger partial charge in [-0.05, 0) is 50.5 Å². The number of phenolic OH excluding ortho intramolecular Hbond substituents is 1. The van der Waals surface area contributed by atoms with Crippen molar-refractivity contribution in [3.63, 3.8) is 0 Å². The third-order valence-corrected chi connectivity index (χ3v) is 5.81. The van der Waals surface area contributed by atoms with Crippen LogP contribution in [0.1, 0.15) is 54.5 Å². The second-order valence-corrected chi connectivity index (χ2v) is 8.29. The molecule has 3 aromatic carbocycles. The molecule has 0 aromatic heterocycles. The molecule has 0 aliphatic rings. The smallest absolute Gasteiger partial charge is 0.139 e. The third kappa shape index (κ3) is 4.17. The lowest BCUT2D eigenvalue weighted by Crippen LogP contribution is -2.49. The van der Waals surface area contributed by atoms with Crippen LogP contribution >= 0.6 is 0 Å². The molecule has 1 unspecified atom stereocenters. The van der Waals surface area contributed by atoms with Crippen molar-refractivity contribution in [3.05, 3.63) is 101 Å². The predicted octanol–water partition coefficient (Wildman–Crippen LogP) is 5.92. The van der Waals surface area contributed by atoms with E-state index in [-0.39, 0.29) is 5.75 Å². The molecule has 0 amide bonds. The summed E-state index contributed by atoms with van der Waals surface area (Å²) < 4.78 is 0. The minimum atomic E-state index is -1.33. The summed E-state index contributed by atoms with van der Waals surface area (Å²) in [6.45, 7) is 8.16. The van der Waals surface area contributed by atoms with Crippen LogP contribution in [-0.2, 0) is 5.60 Å². The number of benzene rings is 3. The average Bonchev–Trinajstić information content (AvgIpc) is 2.72. The standard InChI is InChI=1S/C27H31NO2/c1-5-16-26(4,28-19-22-12-6-7-15-25(22)29)27(30,23-13-8-10-20(2)17-23)24-14-9-11-21(3)18-24/h6-15,17-19,29-30H,5,16H2,1-4H3. The van der Waals surface area contributed by atoms with E-state index in [9.17, 15) is 10.2 Å². The second kappa shape index (κ2) is 8.85. The molecule has 2 N–H and O–H groups in total. The number of aromatic hydroxyl groups is 1. The van der Waals surface area contributed by atoms with Gasteiger partial charge in [-0.15, -0.1) is 0 Å². The predicted molar refractivity (Wildman–Crippen MR) is 124 cm³/mol. The molecule has 0 heterocycles. The lowest BCUT2D eigenvalue weighted by atomic mass is 9.69. The first-order chi connectivity index (χ1) is 14.3. The van der Waals surface area contributed by atoms with Gasteiger partial charge in [0.05, 0.1) is 5.54 Å². The normalized spacial score (nSPS) is 14.0. The van der Waals surface area contributed by atoms with E-state index in [1.807, 2.05) is 81.4 Å². The summed E-state index contributed by atoms with van der Waals surface area (Å²) in [6, 6.07) is 23.1. The number of phenols is 1. The van der Waals surface area contributed by atoms with Gasteiger partial charge in [0, 0.05) is 11.8 Å². The Labute approximate surface area is 179 Å². The Morgan fingerprint density at radius 3 is 1.93 bits per heavy atom. The summed E-state index contributed by atoms with van der Waals surface area (Å²) in [5.41, 5.74) is 2.27. The largest absolute Gasteiger partial charge is 0.507 e. The van der Waals surface area contributed by atoms with Crippen molar-refractivity contribution in [2.75, 3.05) is 0 Å². The molecule has 0 bridgehead atoms. The second-order valence-electron chi connectivity index (χ2n) is 8.29. The van der Waals surface area contributed by atoms with Crippen molar-refractivity contribution in [1.29, 1.82) is 0 Å². The number of rotatable bonds is 7. The van der Waals surface area contributed by atoms with Gasteiger partial charge in [0.15, 0.2) is 0 Å². The molecule has 0 saturated carbocycles. The summed E-state index contributed by atoms with van der Waals surface area (Å²) >= 11 is 0. The van der Waals surface area contributed by atoms with E-state index < -0.39 is 11.1 Å². The first-order valence-electron chi connectivity index (χ1n) is 10.5. The third-order valence-electron chi connectivity index (χ3n) is 5.81. The van der Waals surface area contributed by atoms with Gasteiger partial charge in [-0.25, -0.2) is 0 Å². The maximum absolute atomic E-state index is 12.4. The quantitative estimate of drug-likeness (QED) is 0.483. The zero-order chi connectivity index (χ0) is 21.8. The maximum atomic E-state index is 12.4. The molecule has 0 aliphatic heterocycles. The van der Waals surface area contributed by atoms with Crippen LogP contribution in [0.2, 0.25) is 0 Å². The number of aryl methyl sites for hydroxylation is 2. The van der Waals surface area contributed by atoms with Crippen LogP contribution in [0.25, 0.3) is 0 Å². The lowest BCUT2D eigenvalue weighted by Gasteiger charge is -2.43. The number of aliphatic imine (C=N–C) groups is 1. The van der Waals surface area contributed by atoms with E-state index in [2.05, 4.69) is 6.92 Å². The van der Waals surface area contributed by atoms with Crippen molar-refractivity contribution in [2.24, 2.45) is 4.99 Å². The average molecular weight is 402 g/mol. The summed E-state index contributed by atoms with van der Waals surface area (Å²) in [6.07, 6.45) is 3.21. The fraction of sp³-hybridized carbons (Fsp3) is 0.296. The molecule has 0 saturated heterocycles. The Balaban J connectivity index is 2.24. The highest BCUT2D eigenvalue weighted by atomic mass is 16.3. The van der Waals surface area contributed by atoms with Gasteiger partial charge >= 0.3 is 0 Å². The van der Waals surface area contributed by atoms with Crippen LogP contribution in [0, 0.1) is 13.8 Å². The molecule has 0 fully saturated rings. The van der Waals surface area contributed by atoms with Gasteiger partial charge in [0.25, 0.3) is 0 Å². The zero-order valence-corrected chi connectivity index (χ0v) is 18.3. The molecule has 30 heavy (non-hydrogen) atoms. The van der Waals surface area contributed by atoms with Crippen LogP contribution < -0.4 is 0 Å². The fourth-order valence-electron chi connectivity index (χ4n) is 4.16. The molecule has 3 heteroatoms. The number of para-hydroxylation sites is 1. The highest BCUT2D eigenvalue weighted by molar-refractivity contribution is 5.83. The van der Waals surface area contributed by atoms with Crippen LogP contribution in [0.4, 0.5) is 0 Å². The molecule has 0 radical (unpaired) electrons. The maximum Gasteiger partial charge on any atom is 0.139 e. The summed E-state index contributed by atoms with van der Waals surface area (Å²) in [5.74, 6) is 0.176. The van der Waals surface area contributed by atoms with Crippen molar-refractivity contribution in [2.45, 2.75) is 51.7 Å². The van der Waals surface area contributed by atoms with E-state index in [1.165, 1.54) is 0 Å². The van der Waals surface area contributed by atoms with Crippen molar-refractivity contribution >= 4 is 6.21 Å². The van der Waals surface area contributed by atoms with E-state index >= 15 is 0 Å². The van der Waals surface area contributed by atoms with Crippen LogP contribution in [-0.4, -0.2) is 22.0 Å². The van der Waals surface area contributed by atoms with Gasteiger partial charge < -0.3 is 10.2 Å². The number of hydrogen-bond acceptors (Lipinski definition) is 3. The minimum absolute atomic E-state index is 0.176. The fourth-order valence-corrected chi connectivity index (χ4v) is 4.16. The first-order valence-corrected chi connectivity index (χ1v) is 10.5. The molecule has 0 aliphatic carbocycles. The van der Waals surface area contributed by atoms with Gasteiger partial charge in [0.2, 0.25) is 0 Å². The Hall–Kier alpha value is -2.91. The van der Waals surface area contributed by atoms with Crippen molar-refractivity contribution in [3.8, 4) is 5.75 Å². The van der Waals surface area contributed by atoms with E-state index in [0.717, 1.165) is 28.7 Å². The zero-order valence-electron chi connectivity index (χ0n) is 18.3. The molecule has 0 spiro atoms. The monoisotopic (exact) mass is 401 g/mol. The van der Waals surface area contributed by atoms with Crippen LogP contribution in [0.3, 0.4) is 0 Å². The summed E-state index contributed by atoms with van der Waals surface area (Å²) in [7, 11) is 0.